The summed E-state index contributed by atoms with van der Waals surface area (Å²) in [5, 5.41) is 30.3. The van der Waals surface area contributed by atoms with E-state index in [1.165, 1.54) is 4.90 Å². The molecule has 0 aliphatic carbocycles. The van der Waals surface area contributed by atoms with E-state index in [-0.39, 0.29) is 87.9 Å². The SMILES string of the molecule is Cc1ncsc1-c1ccc(CNC(=O)[C@@H]2C[C@@H](O)CN2C[C@@H](NC(=O)CN(CCOCCOCCNC(=O)CC2N=C(c3ccc(Cl)cc3)c3c(sc(C)c3C)-n3c(C)nnc32)C(=O)CBr)C(C)(C)C)cc1. The number of benzene rings is 2. The highest BCUT2D eigenvalue weighted by molar-refractivity contribution is 9.09. The summed E-state index contributed by atoms with van der Waals surface area (Å²) in [5.41, 5.74) is 8.19. The molecule has 72 heavy (non-hydrogen) atoms. The van der Waals surface area contributed by atoms with Crippen LogP contribution in [-0.4, -0.2) is 147 Å². The van der Waals surface area contributed by atoms with Crippen LogP contribution in [-0.2, 0) is 35.2 Å². The van der Waals surface area contributed by atoms with Crippen LogP contribution in [0.15, 0.2) is 59.0 Å². The maximum absolute atomic E-state index is 13.6. The first-order valence-electron chi connectivity index (χ1n) is 24.0. The molecule has 0 saturated carbocycles. The van der Waals surface area contributed by atoms with Gasteiger partial charge in [0.15, 0.2) is 5.82 Å². The van der Waals surface area contributed by atoms with E-state index in [1.807, 2.05) is 98.1 Å². The first kappa shape index (κ1) is 54.8. The Morgan fingerprint density at radius 3 is 2.33 bits per heavy atom. The predicted molar refractivity (Wildman–Crippen MR) is 284 cm³/mol. The minimum absolute atomic E-state index is 0.0291. The molecule has 0 bridgehead atoms. The molecule has 4 amide bonds. The third-order valence-electron chi connectivity index (χ3n) is 12.9. The summed E-state index contributed by atoms with van der Waals surface area (Å²) in [6.45, 7) is 16.2. The van der Waals surface area contributed by atoms with E-state index in [1.54, 1.807) is 22.7 Å². The average molecular weight is 1110 g/mol. The van der Waals surface area contributed by atoms with Gasteiger partial charge in [-0.05, 0) is 68.4 Å². The first-order chi connectivity index (χ1) is 34.4. The molecule has 17 nitrogen and oxygen atoms in total. The molecule has 0 radical (unpaired) electrons. The second-order valence-corrected chi connectivity index (χ2v) is 22.2. The van der Waals surface area contributed by atoms with Crippen LogP contribution < -0.4 is 16.0 Å². The van der Waals surface area contributed by atoms with Crippen molar-refractivity contribution in [2.75, 3.05) is 64.5 Å². The molecule has 1 saturated heterocycles. The lowest BCUT2D eigenvalue weighted by Gasteiger charge is -2.36. The van der Waals surface area contributed by atoms with Gasteiger partial charge in [0.05, 0.1) is 78.7 Å². The number of likely N-dealkylation sites (tertiary alicyclic amines) is 1. The molecule has 2 aliphatic heterocycles. The van der Waals surface area contributed by atoms with Crippen molar-refractivity contribution in [3.63, 3.8) is 0 Å². The number of aliphatic hydroxyl groups excluding tert-OH is 1. The Hall–Kier alpha value is -4.93. The van der Waals surface area contributed by atoms with Crippen molar-refractivity contribution >= 4 is 79.5 Å². The number of halogens is 2. The van der Waals surface area contributed by atoms with Gasteiger partial charge < -0.3 is 35.4 Å². The van der Waals surface area contributed by atoms with Gasteiger partial charge in [-0.2, -0.15) is 0 Å². The standard InChI is InChI=1S/C51H64BrClN10O7S2/c1-30-32(3)72-50-45(30)46(35-12-14-37(53)15-13-35)57-39(48-60-59-33(4)63(48)50)23-42(65)54-16-18-69-20-21-70-19-17-61(44(67)24-52)28-43(66)58-41(51(5,6)7)27-62-26-38(64)22-40(62)49(68)55-25-34-8-10-36(11-9-34)47-31(2)56-29-71-47/h8-15,29,38-41,64H,16-28H2,1-7H3,(H,54,65)(H,55,68)(H,58,66)/t38-,39?,40+,41-/m1/s1. The Kier molecular flexibility index (Phi) is 18.9. The number of hydrogen-bond donors (Lipinski definition) is 4. The first-order valence-corrected chi connectivity index (χ1v) is 27.2. The van der Waals surface area contributed by atoms with E-state index in [9.17, 15) is 24.3 Å². The zero-order valence-corrected chi connectivity index (χ0v) is 45.8. The lowest BCUT2D eigenvalue weighted by atomic mass is 9.86. The molecule has 21 heteroatoms. The Morgan fingerprint density at radius 2 is 1.65 bits per heavy atom. The van der Waals surface area contributed by atoms with Crippen molar-refractivity contribution in [1.29, 1.82) is 0 Å². The lowest BCUT2D eigenvalue weighted by Crippen LogP contribution is -2.55. The average Bonchev–Trinajstić information content (AvgIpc) is 4.11. The highest BCUT2D eigenvalue weighted by atomic mass is 79.9. The van der Waals surface area contributed by atoms with Crippen molar-refractivity contribution in [2.45, 2.75) is 92.1 Å². The summed E-state index contributed by atoms with van der Waals surface area (Å²) in [4.78, 5) is 68.6. The van der Waals surface area contributed by atoms with Crippen molar-refractivity contribution in [3.05, 3.63) is 104 Å². The second-order valence-electron chi connectivity index (χ2n) is 19.2. The topological polar surface area (TPSA) is 205 Å². The van der Waals surface area contributed by atoms with Crippen molar-refractivity contribution < 1.29 is 33.8 Å². The summed E-state index contributed by atoms with van der Waals surface area (Å²) >= 11 is 12.7. The second kappa shape index (κ2) is 24.9. The quantitative estimate of drug-likeness (QED) is 0.0449. The van der Waals surface area contributed by atoms with Crippen LogP contribution in [0, 0.1) is 33.1 Å². The molecular formula is C51H64BrClN10O7S2. The van der Waals surface area contributed by atoms with Crippen LogP contribution in [0.2, 0.25) is 5.02 Å². The normalized spacial score (nSPS) is 17.1. The third-order valence-corrected chi connectivity index (χ3v) is 15.8. The number of amides is 4. The van der Waals surface area contributed by atoms with Gasteiger partial charge in [-0.25, -0.2) is 4.98 Å². The number of β-amino-alcohol motifs (C(OH)–C–C–N with tert-alkyl or cyclic N) is 1. The number of alkyl halides is 1. The molecule has 5 aromatic rings. The van der Waals surface area contributed by atoms with Crippen LogP contribution in [0.4, 0.5) is 0 Å². The van der Waals surface area contributed by atoms with Crippen molar-refractivity contribution in [2.24, 2.45) is 10.4 Å². The Bertz CT molecular complexity index is 2720. The monoisotopic (exact) mass is 1110 g/mol. The molecule has 4 N–H and O–H groups in total. The van der Waals surface area contributed by atoms with E-state index in [0.29, 0.717) is 36.3 Å². The van der Waals surface area contributed by atoms with Crippen LogP contribution in [0.25, 0.3) is 15.4 Å². The molecule has 386 valence electrons. The van der Waals surface area contributed by atoms with Crippen LogP contribution in [0.3, 0.4) is 0 Å². The summed E-state index contributed by atoms with van der Waals surface area (Å²) in [5.74, 6) is 0.294. The van der Waals surface area contributed by atoms with Gasteiger partial charge in [-0.15, -0.1) is 32.9 Å². The van der Waals surface area contributed by atoms with Crippen LogP contribution in [0.5, 0.6) is 0 Å². The summed E-state index contributed by atoms with van der Waals surface area (Å²) in [7, 11) is 0. The number of aromatic nitrogens is 4. The van der Waals surface area contributed by atoms with Gasteiger partial charge in [0.25, 0.3) is 0 Å². The number of ether oxygens (including phenoxy) is 2. The molecule has 0 spiro atoms. The van der Waals surface area contributed by atoms with E-state index in [2.05, 4.69) is 60.9 Å². The predicted octanol–water partition coefficient (Wildman–Crippen LogP) is 6.28. The fourth-order valence-electron chi connectivity index (χ4n) is 8.71. The Morgan fingerprint density at radius 1 is 0.944 bits per heavy atom. The summed E-state index contributed by atoms with van der Waals surface area (Å²) < 4.78 is 13.5. The summed E-state index contributed by atoms with van der Waals surface area (Å²) in [6, 6.07) is 14.0. The summed E-state index contributed by atoms with van der Waals surface area (Å²) in [6.07, 6.45) is -0.356. The number of aliphatic imine (C=N–C) groups is 1. The maximum Gasteiger partial charge on any atom is 0.239 e. The number of thiazole rings is 1. The van der Waals surface area contributed by atoms with Crippen LogP contribution >= 0.6 is 50.2 Å². The number of aryl methyl sites for hydroxylation is 3. The van der Waals surface area contributed by atoms with Gasteiger partial charge in [-0.3, -0.25) is 33.6 Å². The fraction of sp³-hybridized carbons (Fsp3) is 0.490. The number of nitrogens with one attached hydrogen (secondary N) is 3. The minimum atomic E-state index is -0.689. The largest absolute Gasteiger partial charge is 0.392 e. The van der Waals surface area contributed by atoms with Crippen LogP contribution in [0.1, 0.15) is 84.1 Å². The Labute approximate surface area is 442 Å². The Balaban J connectivity index is 0.835. The molecular weight excluding hydrogens is 1040 g/mol. The highest BCUT2D eigenvalue weighted by Gasteiger charge is 2.40. The number of carbonyl (C=O) groups excluding carboxylic acids is 4. The number of nitrogens with zero attached hydrogens (tertiary/aromatic N) is 7. The van der Waals surface area contributed by atoms with Gasteiger partial charge in [-0.1, -0.05) is 84.7 Å². The molecule has 4 atom stereocenters. The number of carbonyl (C=O) groups is 4. The molecule has 5 heterocycles. The minimum Gasteiger partial charge on any atom is -0.392 e. The number of fused-ring (bicyclic) bond motifs is 3. The number of thiophene rings is 1. The molecule has 1 unspecified atom stereocenters. The van der Waals surface area contributed by atoms with Gasteiger partial charge in [0.1, 0.15) is 16.9 Å². The van der Waals surface area contributed by atoms with Gasteiger partial charge in [0.2, 0.25) is 23.6 Å². The maximum atomic E-state index is 13.6. The number of hydrogen-bond acceptors (Lipinski definition) is 14. The van der Waals surface area contributed by atoms with Crippen molar-refractivity contribution in [1.82, 2.24) is 45.5 Å². The molecule has 3 aromatic heterocycles. The van der Waals surface area contributed by atoms with Crippen molar-refractivity contribution in [3.8, 4) is 15.4 Å². The van der Waals surface area contributed by atoms with E-state index < -0.39 is 29.6 Å². The van der Waals surface area contributed by atoms with E-state index >= 15 is 0 Å². The van der Waals surface area contributed by atoms with E-state index in [0.717, 1.165) is 54.0 Å². The zero-order chi connectivity index (χ0) is 51.7. The van der Waals surface area contributed by atoms with E-state index in [4.69, 9.17) is 26.1 Å². The molecule has 2 aliphatic rings. The third kappa shape index (κ3) is 13.8. The number of rotatable bonds is 22. The number of aliphatic hydroxyl groups is 1. The molecule has 7 rings (SSSR count). The molecule has 2 aromatic carbocycles. The zero-order valence-electron chi connectivity index (χ0n) is 41.8. The van der Waals surface area contributed by atoms with Gasteiger partial charge in [0, 0.05) is 59.8 Å². The lowest BCUT2D eigenvalue weighted by molar-refractivity contribution is -0.135. The molecule has 1 fully saturated rings. The fourth-order valence-corrected chi connectivity index (χ4v) is 11.2. The highest BCUT2D eigenvalue weighted by Crippen LogP contribution is 2.40. The smallest absolute Gasteiger partial charge is 0.239 e. The van der Waals surface area contributed by atoms with Gasteiger partial charge >= 0.3 is 0 Å².